The lowest BCUT2D eigenvalue weighted by Gasteiger charge is -2.33. The van der Waals surface area contributed by atoms with E-state index in [4.69, 9.17) is 4.42 Å². The van der Waals surface area contributed by atoms with E-state index in [0.29, 0.717) is 37.6 Å². The standard InChI is InChI=1S/C20H19IN4O3/c1-14-11-16(21)4-5-17(14)23-19(26)15(12-22)13-24-6-8-25(9-7-24)20(27)18-3-2-10-28-18/h2-5,10-11,13H,6-9H2,1H3,(H,23,26)/b15-13-. The minimum atomic E-state index is -0.444. The smallest absolute Gasteiger partial charge is 0.289 e. The fourth-order valence-corrected chi connectivity index (χ4v) is 3.53. The van der Waals surface area contributed by atoms with E-state index in [9.17, 15) is 14.9 Å². The van der Waals surface area contributed by atoms with Gasteiger partial charge in [0.1, 0.15) is 11.6 Å². The quantitative estimate of drug-likeness (QED) is 0.405. The van der Waals surface area contributed by atoms with Crippen molar-refractivity contribution in [2.24, 2.45) is 0 Å². The second kappa shape index (κ2) is 8.93. The molecule has 2 amide bonds. The molecule has 1 fully saturated rings. The van der Waals surface area contributed by atoms with Gasteiger partial charge in [-0.25, -0.2) is 0 Å². The average Bonchev–Trinajstić information content (AvgIpc) is 3.23. The second-order valence-electron chi connectivity index (χ2n) is 6.37. The Morgan fingerprint density at radius 3 is 2.61 bits per heavy atom. The number of carbonyl (C=O) groups is 2. The van der Waals surface area contributed by atoms with Gasteiger partial charge in [0.25, 0.3) is 11.8 Å². The summed E-state index contributed by atoms with van der Waals surface area (Å²) < 4.78 is 6.22. The molecular formula is C20H19IN4O3. The number of hydrogen-bond donors (Lipinski definition) is 1. The topological polar surface area (TPSA) is 89.6 Å². The van der Waals surface area contributed by atoms with Gasteiger partial charge >= 0.3 is 0 Å². The molecule has 144 valence electrons. The SMILES string of the molecule is Cc1cc(I)ccc1NC(=O)/C(C#N)=C\N1CCN(C(=O)c2ccco2)CC1. The summed E-state index contributed by atoms with van der Waals surface area (Å²) in [6.07, 6.45) is 3.03. The molecule has 2 aromatic rings. The highest BCUT2D eigenvalue weighted by Crippen LogP contribution is 2.18. The first-order chi connectivity index (χ1) is 13.5. The Morgan fingerprint density at radius 1 is 1.25 bits per heavy atom. The molecular weight excluding hydrogens is 471 g/mol. The number of halogens is 1. The van der Waals surface area contributed by atoms with Gasteiger partial charge in [-0.2, -0.15) is 5.26 Å². The van der Waals surface area contributed by atoms with E-state index in [1.807, 2.05) is 36.1 Å². The zero-order chi connectivity index (χ0) is 20.1. The number of hydrogen-bond acceptors (Lipinski definition) is 5. The third kappa shape index (κ3) is 4.72. The van der Waals surface area contributed by atoms with Crippen LogP contribution in [-0.2, 0) is 4.79 Å². The fourth-order valence-electron chi connectivity index (χ4n) is 2.89. The van der Waals surface area contributed by atoms with Crippen molar-refractivity contribution in [2.45, 2.75) is 6.92 Å². The van der Waals surface area contributed by atoms with Crippen LogP contribution in [0.5, 0.6) is 0 Å². The van der Waals surface area contributed by atoms with E-state index in [0.717, 1.165) is 9.13 Å². The molecule has 1 aliphatic heterocycles. The normalized spacial score (nSPS) is 14.5. The molecule has 0 unspecified atom stereocenters. The molecule has 7 nitrogen and oxygen atoms in total. The van der Waals surface area contributed by atoms with Crippen LogP contribution in [0, 0.1) is 21.8 Å². The first kappa shape index (κ1) is 19.9. The predicted octanol–water partition coefficient (Wildman–Crippen LogP) is 3.00. The van der Waals surface area contributed by atoms with Gasteiger partial charge in [0.05, 0.1) is 6.26 Å². The maximum absolute atomic E-state index is 12.5. The van der Waals surface area contributed by atoms with Gasteiger partial charge in [-0.15, -0.1) is 0 Å². The van der Waals surface area contributed by atoms with Crippen molar-refractivity contribution in [1.82, 2.24) is 9.80 Å². The molecule has 3 rings (SSSR count). The lowest BCUT2D eigenvalue weighted by atomic mass is 10.2. The summed E-state index contributed by atoms with van der Waals surface area (Å²) in [7, 11) is 0. The minimum Gasteiger partial charge on any atom is -0.459 e. The number of furan rings is 1. The molecule has 1 saturated heterocycles. The van der Waals surface area contributed by atoms with E-state index in [-0.39, 0.29) is 11.5 Å². The molecule has 1 N–H and O–H groups in total. The van der Waals surface area contributed by atoms with Gasteiger partial charge in [0, 0.05) is 41.6 Å². The number of benzene rings is 1. The van der Waals surface area contributed by atoms with Crippen molar-refractivity contribution in [2.75, 3.05) is 31.5 Å². The van der Waals surface area contributed by atoms with Crippen LogP contribution in [0.25, 0.3) is 0 Å². The van der Waals surface area contributed by atoms with Crippen molar-refractivity contribution in [3.05, 3.63) is 63.3 Å². The first-order valence-electron chi connectivity index (χ1n) is 8.74. The lowest BCUT2D eigenvalue weighted by molar-refractivity contribution is -0.112. The number of carbonyl (C=O) groups excluding carboxylic acids is 2. The van der Waals surface area contributed by atoms with Gasteiger partial charge in [-0.05, 0) is 65.4 Å². The molecule has 0 saturated carbocycles. The Kier molecular flexibility index (Phi) is 6.36. The zero-order valence-corrected chi connectivity index (χ0v) is 17.5. The van der Waals surface area contributed by atoms with Gasteiger partial charge in [-0.3, -0.25) is 9.59 Å². The van der Waals surface area contributed by atoms with Crippen molar-refractivity contribution in [3.63, 3.8) is 0 Å². The molecule has 0 bridgehead atoms. The number of nitrogens with one attached hydrogen (secondary N) is 1. The lowest BCUT2D eigenvalue weighted by Crippen LogP contribution is -2.47. The third-order valence-electron chi connectivity index (χ3n) is 4.45. The number of nitriles is 1. The van der Waals surface area contributed by atoms with Crippen LogP contribution < -0.4 is 5.32 Å². The maximum Gasteiger partial charge on any atom is 0.289 e. The van der Waals surface area contributed by atoms with E-state index in [2.05, 4.69) is 27.9 Å². The Labute approximate surface area is 176 Å². The molecule has 0 aliphatic carbocycles. The van der Waals surface area contributed by atoms with E-state index in [1.165, 1.54) is 6.26 Å². The van der Waals surface area contributed by atoms with Crippen LogP contribution in [0.4, 0.5) is 5.69 Å². The van der Waals surface area contributed by atoms with Gasteiger partial charge < -0.3 is 19.5 Å². The average molecular weight is 490 g/mol. The van der Waals surface area contributed by atoms with Crippen LogP contribution in [-0.4, -0.2) is 47.8 Å². The number of nitrogens with zero attached hydrogens (tertiary/aromatic N) is 3. The summed E-state index contributed by atoms with van der Waals surface area (Å²) in [5.74, 6) is -0.282. The van der Waals surface area contributed by atoms with E-state index in [1.54, 1.807) is 23.2 Å². The van der Waals surface area contributed by atoms with Crippen LogP contribution >= 0.6 is 22.6 Å². The van der Waals surface area contributed by atoms with Gasteiger partial charge in [-0.1, -0.05) is 0 Å². The molecule has 1 aliphatic rings. The minimum absolute atomic E-state index is 0.0313. The highest BCUT2D eigenvalue weighted by atomic mass is 127. The van der Waals surface area contributed by atoms with Crippen LogP contribution in [0.2, 0.25) is 0 Å². The Morgan fingerprint density at radius 2 is 2.00 bits per heavy atom. The predicted molar refractivity (Wildman–Crippen MR) is 112 cm³/mol. The first-order valence-corrected chi connectivity index (χ1v) is 9.82. The second-order valence-corrected chi connectivity index (χ2v) is 7.62. The summed E-state index contributed by atoms with van der Waals surface area (Å²) in [6, 6.07) is 11.0. The highest BCUT2D eigenvalue weighted by molar-refractivity contribution is 14.1. The Balaban J connectivity index is 1.61. The maximum atomic E-state index is 12.5. The monoisotopic (exact) mass is 490 g/mol. The third-order valence-corrected chi connectivity index (χ3v) is 5.12. The number of rotatable bonds is 4. The largest absolute Gasteiger partial charge is 0.459 e. The molecule has 0 atom stereocenters. The zero-order valence-electron chi connectivity index (χ0n) is 15.3. The van der Waals surface area contributed by atoms with Crippen LogP contribution in [0.15, 0.2) is 52.8 Å². The molecule has 0 spiro atoms. The summed E-state index contributed by atoms with van der Waals surface area (Å²) in [6.45, 7) is 3.96. The van der Waals surface area contributed by atoms with Crippen molar-refractivity contribution in [1.29, 1.82) is 5.26 Å². The van der Waals surface area contributed by atoms with E-state index >= 15 is 0 Å². The van der Waals surface area contributed by atoms with Crippen molar-refractivity contribution >= 4 is 40.1 Å². The Bertz CT molecular complexity index is 939. The molecule has 2 heterocycles. The van der Waals surface area contributed by atoms with Gasteiger partial charge in [0.15, 0.2) is 5.76 Å². The molecule has 1 aromatic heterocycles. The van der Waals surface area contributed by atoms with Crippen molar-refractivity contribution < 1.29 is 14.0 Å². The molecule has 1 aromatic carbocycles. The molecule has 0 radical (unpaired) electrons. The number of aryl methyl sites for hydroxylation is 1. The summed E-state index contributed by atoms with van der Waals surface area (Å²) in [5.41, 5.74) is 1.65. The molecule has 8 heteroatoms. The van der Waals surface area contributed by atoms with Gasteiger partial charge in [0.2, 0.25) is 0 Å². The summed E-state index contributed by atoms with van der Waals surface area (Å²) >= 11 is 2.21. The fraction of sp³-hybridized carbons (Fsp3) is 0.250. The van der Waals surface area contributed by atoms with Crippen molar-refractivity contribution in [3.8, 4) is 6.07 Å². The summed E-state index contributed by atoms with van der Waals surface area (Å²) in [5, 5.41) is 12.2. The van der Waals surface area contributed by atoms with E-state index < -0.39 is 5.91 Å². The highest BCUT2D eigenvalue weighted by Gasteiger charge is 2.23. The molecule has 28 heavy (non-hydrogen) atoms. The number of anilines is 1. The Hall–Kier alpha value is -2.80. The van der Waals surface area contributed by atoms with Crippen LogP contribution in [0.3, 0.4) is 0 Å². The number of amides is 2. The number of piperazine rings is 1. The summed E-state index contributed by atoms with van der Waals surface area (Å²) in [4.78, 5) is 28.3. The van der Waals surface area contributed by atoms with Crippen LogP contribution in [0.1, 0.15) is 16.1 Å².